The van der Waals surface area contributed by atoms with Gasteiger partial charge in [0.1, 0.15) is 0 Å². The molecule has 1 aromatic rings. The molecule has 0 atom stereocenters. The minimum absolute atomic E-state index is 0.620. The largest absolute Gasteiger partial charge is 0.364 e. The number of nitrogens with zero attached hydrogens (tertiary/aromatic N) is 1. The van der Waals surface area contributed by atoms with Crippen LogP contribution in [-0.2, 0) is 6.54 Å². The third-order valence-corrected chi connectivity index (χ3v) is 2.33. The standard InChI is InChI=1S/C11H14N2/c12-9-10-4-3-5-11(8-10)13-6-1-2-7-13/h1-5,8H,6-7,9,12H2. The highest BCUT2D eigenvalue weighted by Gasteiger charge is 2.06. The van der Waals surface area contributed by atoms with Crippen molar-refractivity contribution in [3.63, 3.8) is 0 Å². The van der Waals surface area contributed by atoms with Gasteiger partial charge in [0.25, 0.3) is 0 Å². The molecule has 0 spiro atoms. The van der Waals surface area contributed by atoms with E-state index < -0.39 is 0 Å². The minimum Gasteiger partial charge on any atom is -0.364 e. The second-order valence-electron chi connectivity index (χ2n) is 3.25. The van der Waals surface area contributed by atoms with Gasteiger partial charge >= 0.3 is 0 Å². The van der Waals surface area contributed by atoms with E-state index in [-0.39, 0.29) is 0 Å². The first kappa shape index (κ1) is 8.32. The van der Waals surface area contributed by atoms with Crippen LogP contribution >= 0.6 is 0 Å². The van der Waals surface area contributed by atoms with Crippen LogP contribution < -0.4 is 10.6 Å². The van der Waals surface area contributed by atoms with Crippen LogP contribution in [-0.4, -0.2) is 13.1 Å². The lowest BCUT2D eigenvalue weighted by Gasteiger charge is -2.18. The molecular weight excluding hydrogens is 160 g/mol. The second kappa shape index (κ2) is 3.62. The zero-order valence-corrected chi connectivity index (χ0v) is 7.61. The normalized spacial score (nSPS) is 15.3. The van der Waals surface area contributed by atoms with E-state index in [2.05, 4.69) is 41.3 Å². The molecule has 2 N–H and O–H groups in total. The van der Waals surface area contributed by atoms with Crippen molar-refractivity contribution in [2.24, 2.45) is 5.73 Å². The molecule has 0 unspecified atom stereocenters. The average Bonchev–Trinajstić information content (AvgIpc) is 2.71. The molecule has 0 saturated heterocycles. The quantitative estimate of drug-likeness (QED) is 0.689. The number of hydrogen-bond donors (Lipinski definition) is 1. The van der Waals surface area contributed by atoms with Crippen LogP contribution in [0.15, 0.2) is 36.4 Å². The predicted molar refractivity (Wildman–Crippen MR) is 55.7 cm³/mol. The third kappa shape index (κ3) is 1.73. The average molecular weight is 174 g/mol. The molecular formula is C11H14N2. The summed E-state index contributed by atoms with van der Waals surface area (Å²) in [7, 11) is 0. The summed E-state index contributed by atoms with van der Waals surface area (Å²) in [6, 6.07) is 8.42. The van der Waals surface area contributed by atoms with Crippen LogP contribution in [0.1, 0.15) is 5.56 Å². The van der Waals surface area contributed by atoms with Crippen molar-refractivity contribution < 1.29 is 0 Å². The van der Waals surface area contributed by atoms with E-state index in [1.54, 1.807) is 0 Å². The molecule has 0 aliphatic carbocycles. The molecule has 2 heteroatoms. The van der Waals surface area contributed by atoms with Gasteiger partial charge in [-0.1, -0.05) is 24.3 Å². The van der Waals surface area contributed by atoms with Crippen LogP contribution in [0.2, 0.25) is 0 Å². The highest BCUT2D eigenvalue weighted by Crippen LogP contribution is 2.17. The van der Waals surface area contributed by atoms with Crippen molar-refractivity contribution in [1.82, 2.24) is 0 Å². The van der Waals surface area contributed by atoms with Crippen molar-refractivity contribution in [3.05, 3.63) is 42.0 Å². The van der Waals surface area contributed by atoms with Crippen molar-refractivity contribution >= 4 is 5.69 Å². The molecule has 0 fully saturated rings. The first-order valence-electron chi connectivity index (χ1n) is 4.59. The van der Waals surface area contributed by atoms with Crippen molar-refractivity contribution in [2.45, 2.75) is 6.54 Å². The monoisotopic (exact) mass is 174 g/mol. The molecule has 0 radical (unpaired) electrons. The van der Waals surface area contributed by atoms with E-state index in [1.165, 1.54) is 11.3 Å². The summed E-state index contributed by atoms with van der Waals surface area (Å²) in [4.78, 5) is 2.32. The van der Waals surface area contributed by atoms with Crippen molar-refractivity contribution in [2.75, 3.05) is 18.0 Å². The number of nitrogens with two attached hydrogens (primary N) is 1. The van der Waals surface area contributed by atoms with Gasteiger partial charge in [-0.2, -0.15) is 0 Å². The van der Waals surface area contributed by atoms with E-state index in [9.17, 15) is 0 Å². The van der Waals surface area contributed by atoms with Gasteiger partial charge in [-0.25, -0.2) is 0 Å². The van der Waals surface area contributed by atoms with E-state index in [0.717, 1.165) is 13.1 Å². The third-order valence-electron chi connectivity index (χ3n) is 2.33. The summed E-state index contributed by atoms with van der Waals surface area (Å²) in [6.07, 6.45) is 4.38. The Morgan fingerprint density at radius 3 is 2.69 bits per heavy atom. The Hall–Kier alpha value is -1.28. The Balaban J connectivity index is 2.19. The van der Waals surface area contributed by atoms with Gasteiger partial charge in [-0.3, -0.25) is 0 Å². The predicted octanol–water partition coefficient (Wildman–Crippen LogP) is 1.52. The molecule has 0 aromatic heterocycles. The summed E-state index contributed by atoms with van der Waals surface area (Å²) in [5.74, 6) is 0. The molecule has 2 rings (SSSR count). The molecule has 1 heterocycles. The molecule has 0 bridgehead atoms. The lowest BCUT2D eigenvalue weighted by molar-refractivity contribution is 0.994. The number of hydrogen-bond acceptors (Lipinski definition) is 2. The Morgan fingerprint density at radius 2 is 2.00 bits per heavy atom. The zero-order valence-electron chi connectivity index (χ0n) is 7.61. The molecule has 1 aliphatic heterocycles. The molecule has 68 valence electrons. The summed E-state index contributed by atoms with van der Waals surface area (Å²) in [5, 5.41) is 0. The minimum atomic E-state index is 0.620. The fourth-order valence-corrected chi connectivity index (χ4v) is 1.57. The fourth-order valence-electron chi connectivity index (χ4n) is 1.57. The van der Waals surface area contributed by atoms with Gasteiger partial charge in [0.05, 0.1) is 0 Å². The van der Waals surface area contributed by atoms with Gasteiger partial charge in [0, 0.05) is 25.3 Å². The summed E-state index contributed by atoms with van der Waals surface area (Å²) in [5.41, 5.74) is 8.05. The maximum atomic E-state index is 5.58. The molecule has 2 nitrogen and oxygen atoms in total. The molecule has 1 aromatic carbocycles. The molecule has 0 amide bonds. The van der Waals surface area contributed by atoms with Gasteiger partial charge in [0.2, 0.25) is 0 Å². The highest BCUT2D eigenvalue weighted by molar-refractivity contribution is 5.51. The van der Waals surface area contributed by atoms with Crippen molar-refractivity contribution in [1.29, 1.82) is 0 Å². The molecule has 0 saturated carbocycles. The Labute approximate surface area is 78.7 Å². The summed E-state index contributed by atoms with van der Waals surface area (Å²) < 4.78 is 0. The second-order valence-corrected chi connectivity index (χ2v) is 3.25. The zero-order chi connectivity index (χ0) is 9.10. The first-order chi connectivity index (χ1) is 6.40. The summed E-state index contributed by atoms with van der Waals surface area (Å²) in [6.45, 7) is 2.66. The molecule has 13 heavy (non-hydrogen) atoms. The van der Waals surface area contributed by atoms with E-state index >= 15 is 0 Å². The maximum absolute atomic E-state index is 5.58. The Bertz CT molecular complexity index is 310. The van der Waals surface area contributed by atoms with Crippen LogP contribution in [0.4, 0.5) is 5.69 Å². The van der Waals surface area contributed by atoms with Gasteiger partial charge in [0.15, 0.2) is 0 Å². The lowest BCUT2D eigenvalue weighted by Crippen LogP contribution is -2.18. The van der Waals surface area contributed by atoms with Crippen LogP contribution in [0.5, 0.6) is 0 Å². The van der Waals surface area contributed by atoms with Crippen LogP contribution in [0, 0.1) is 0 Å². The van der Waals surface area contributed by atoms with Crippen LogP contribution in [0.25, 0.3) is 0 Å². The number of benzene rings is 1. The number of rotatable bonds is 2. The van der Waals surface area contributed by atoms with Crippen LogP contribution in [0.3, 0.4) is 0 Å². The fraction of sp³-hybridized carbons (Fsp3) is 0.273. The number of anilines is 1. The smallest absolute Gasteiger partial charge is 0.0375 e. The highest BCUT2D eigenvalue weighted by atomic mass is 15.1. The van der Waals surface area contributed by atoms with Crippen molar-refractivity contribution in [3.8, 4) is 0 Å². The first-order valence-corrected chi connectivity index (χ1v) is 4.59. The van der Waals surface area contributed by atoms with E-state index in [1.807, 2.05) is 0 Å². The molecule has 1 aliphatic rings. The van der Waals surface area contributed by atoms with Gasteiger partial charge < -0.3 is 10.6 Å². The van der Waals surface area contributed by atoms with E-state index in [0.29, 0.717) is 6.54 Å². The SMILES string of the molecule is NCc1cccc(N2CC=CC2)c1. The summed E-state index contributed by atoms with van der Waals surface area (Å²) >= 11 is 0. The van der Waals surface area contributed by atoms with Gasteiger partial charge in [-0.05, 0) is 17.7 Å². The maximum Gasteiger partial charge on any atom is 0.0375 e. The Morgan fingerprint density at radius 1 is 1.23 bits per heavy atom. The Kier molecular flexibility index (Phi) is 2.32. The lowest BCUT2D eigenvalue weighted by atomic mass is 10.2. The topological polar surface area (TPSA) is 29.3 Å². The van der Waals surface area contributed by atoms with Gasteiger partial charge in [-0.15, -0.1) is 0 Å². The van der Waals surface area contributed by atoms with E-state index in [4.69, 9.17) is 5.73 Å².